The maximum atomic E-state index is 11.3. The molecule has 6 nitrogen and oxygen atoms in total. The van der Waals surface area contributed by atoms with Crippen molar-refractivity contribution in [2.24, 2.45) is 0 Å². The zero-order valence-corrected chi connectivity index (χ0v) is 11.9. The van der Waals surface area contributed by atoms with Crippen molar-refractivity contribution < 1.29 is 14.3 Å². The van der Waals surface area contributed by atoms with Crippen molar-refractivity contribution in [1.29, 1.82) is 0 Å². The van der Waals surface area contributed by atoms with Crippen molar-refractivity contribution >= 4 is 23.2 Å². The van der Waals surface area contributed by atoms with Crippen molar-refractivity contribution in [3.63, 3.8) is 0 Å². The molecule has 2 aromatic heterocycles. The normalized spacial score (nSPS) is 10.2. The monoisotopic (exact) mass is 293 g/mol. The van der Waals surface area contributed by atoms with Crippen LogP contribution in [0.5, 0.6) is 0 Å². The van der Waals surface area contributed by atoms with Gasteiger partial charge in [-0.05, 0) is 24.4 Å². The molecule has 106 valence electrons. The number of ether oxygens (including phenoxy) is 1. The van der Waals surface area contributed by atoms with Gasteiger partial charge in [0.2, 0.25) is 0 Å². The maximum absolute atomic E-state index is 11.3. The van der Waals surface area contributed by atoms with E-state index in [0.717, 1.165) is 11.3 Å². The number of carbonyl (C=O) groups is 2. The molecule has 0 aromatic carbocycles. The number of thiophene rings is 1. The molecule has 0 atom stereocenters. The van der Waals surface area contributed by atoms with Gasteiger partial charge in [-0.3, -0.25) is 9.48 Å². The van der Waals surface area contributed by atoms with Gasteiger partial charge in [-0.2, -0.15) is 16.4 Å². The predicted molar refractivity (Wildman–Crippen MR) is 75.2 cm³/mol. The van der Waals surface area contributed by atoms with E-state index in [1.807, 2.05) is 29.1 Å². The second-order valence-electron chi connectivity index (χ2n) is 3.95. The van der Waals surface area contributed by atoms with Crippen LogP contribution in [0.3, 0.4) is 0 Å². The molecule has 20 heavy (non-hydrogen) atoms. The van der Waals surface area contributed by atoms with Crippen LogP contribution in [0.2, 0.25) is 0 Å². The van der Waals surface area contributed by atoms with E-state index < -0.39 is 11.9 Å². The molecule has 0 radical (unpaired) electrons. The van der Waals surface area contributed by atoms with Crippen LogP contribution >= 0.6 is 11.3 Å². The molecule has 0 saturated heterocycles. The zero-order chi connectivity index (χ0) is 14.4. The summed E-state index contributed by atoms with van der Waals surface area (Å²) in [5.74, 6) is -1.58. The third kappa shape index (κ3) is 3.67. The summed E-state index contributed by atoms with van der Waals surface area (Å²) in [5, 5.41) is 10.9. The lowest BCUT2D eigenvalue weighted by Gasteiger charge is -2.04. The highest BCUT2D eigenvalue weighted by atomic mass is 32.1. The first-order chi connectivity index (χ1) is 9.70. The first-order valence-corrected chi connectivity index (χ1v) is 7.16. The Balaban J connectivity index is 1.80. The van der Waals surface area contributed by atoms with E-state index in [0.29, 0.717) is 13.1 Å². The summed E-state index contributed by atoms with van der Waals surface area (Å²) in [4.78, 5) is 22.4. The Labute approximate surface area is 120 Å². The fourth-order valence-corrected chi connectivity index (χ4v) is 2.25. The lowest BCUT2D eigenvalue weighted by Crippen LogP contribution is -2.34. The average Bonchev–Trinajstić information content (AvgIpc) is 3.09. The lowest BCUT2D eigenvalue weighted by molar-refractivity contribution is -0.154. The summed E-state index contributed by atoms with van der Waals surface area (Å²) < 4.78 is 6.31. The van der Waals surface area contributed by atoms with Gasteiger partial charge in [-0.1, -0.05) is 0 Å². The predicted octanol–water partition coefficient (Wildman–Crippen LogP) is 1.29. The van der Waals surface area contributed by atoms with E-state index in [4.69, 9.17) is 0 Å². The molecular weight excluding hydrogens is 278 g/mol. The van der Waals surface area contributed by atoms with Crippen molar-refractivity contribution in [2.45, 2.75) is 13.5 Å². The molecule has 2 rings (SSSR count). The number of carbonyl (C=O) groups excluding carboxylic acids is 2. The fourth-order valence-electron chi connectivity index (χ4n) is 1.60. The average molecular weight is 293 g/mol. The molecule has 0 bridgehead atoms. The SMILES string of the molecule is CCOC(=O)C(=O)NCCn1ccc(-c2ccsc2)n1. The summed E-state index contributed by atoms with van der Waals surface area (Å²) >= 11 is 1.62. The van der Waals surface area contributed by atoms with E-state index >= 15 is 0 Å². The Bertz CT molecular complexity index is 577. The molecule has 0 aliphatic rings. The molecule has 0 saturated carbocycles. The molecule has 0 fully saturated rings. The Morgan fingerprint density at radius 3 is 3.00 bits per heavy atom. The fraction of sp³-hybridized carbons (Fsp3) is 0.308. The lowest BCUT2D eigenvalue weighted by atomic mass is 10.2. The number of esters is 1. The van der Waals surface area contributed by atoms with E-state index in [-0.39, 0.29) is 6.61 Å². The van der Waals surface area contributed by atoms with Gasteiger partial charge in [0.1, 0.15) is 0 Å². The summed E-state index contributed by atoms with van der Waals surface area (Å²) in [6, 6.07) is 3.91. The largest absolute Gasteiger partial charge is 0.459 e. The second-order valence-corrected chi connectivity index (χ2v) is 4.73. The quantitative estimate of drug-likeness (QED) is 0.666. The Morgan fingerprint density at radius 2 is 2.30 bits per heavy atom. The molecule has 1 amide bonds. The summed E-state index contributed by atoms with van der Waals surface area (Å²) in [5.41, 5.74) is 1.97. The molecule has 0 unspecified atom stereocenters. The third-order valence-corrected chi connectivity index (χ3v) is 3.23. The molecule has 0 aliphatic carbocycles. The van der Waals surface area contributed by atoms with Gasteiger partial charge < -0.3 is 10.1 Å². The molecule has 2 aromatic rings. The van der Waals surface area contributed by atoms with Gasteiger partial charge in [-0.25, -0.2) is 4.79 Å². The van der Waals surface area contributed by atoms with Crippen LogP contribution in [-0.4, -0.2) is 34.8 Å². The van der Waals surface area contributed by atoms with Crippen molar-refractivity contribution in [1.82, 2.24) is 15.1 Å². The number of hydrogen-bond acceptors (Lipinski definition) is 5. The van der Waals surface area contributed by atoms with Crippen molar-refractivity contribution in [3.05, 3.63) is 29.1 Å². The molecule has 7 heteroatoms. The Kier molecular flexibility index (Phi) is 4.89. The third-order valence-electron chi connectivity index (χ3n) is 2.54. The van der Waals surface area contributed by atoms with E-state index in [1.165, 1.54) is 0 Å². The topological polar surface area (TPSA) is 73.2 Å². The van der Waals surface area contributed by atoms with E-state index in [9.17, 15) is 9.59 Å². The maximum Gasteiger partial charge on any atom is 0.396 e. The Morgan fingerprint density at radius 1 is 1.45 bits per heavy atom. The minimum Gasteiger partial charge on any atom is -0.459 e. The van der Waals surface area contributed by atoms with Crippen LogP contribution in [0.15, 0.2) is 29.1 Å². The summed E-state index contributed by atoms with van der Waals surface area (Å²) in [6.07, 6.45) is 1.84. The molecule has 0 spiro atoms. The molecule has 1 N–H and O–H groups in total. The Hall–Kier alpha value is -2.15. The highest BCUT2D eigenvalue weighted by molar-refractivity contribution is 7.08. The number of nitrogens with one attached hydrogen (secondary N) is 1. The van der Waals surface area contributed by atoms with Gasteiger partial charge in [0.15, 0.2) is 0 Å². The van der Waals surface area contributed by atoms with Crippen LogP contribution in [-0.2, 0) is 20.9 Å². The standard InChI is InChI=1S/C13H15N3O3S/c1-2-19-13(18)12(17)14-5-7-16-6-3-11(15-16)10-4-8-20-9-10/h3-4,6,8-9H,2,5,7H2,1H3,(H,14,17). The van der Waals surface area contributed by atoms with Crippen LogP contribution in [0.1, 0.15) is 6.92 Å². The summed E-state index contributed by atoms with van der Waals surface area (Å²) in [6.45, 7) is 2.66. The smallest absolute Gasteiger partial charge is 0.396 e. The van der Waals surface area contributed by atoms with Crippen LogP contribution < -0.4 is 5.32 Å². The van der Waals surface area contributed by atoms with Gasteiger partial charge in [0.25, 0.3) is 0 Å². The first-order valence-electron chi connectivity index (χ1n) is 6.21. The number of amides is 1. The van der Waals surface area contributed by atoms with Crippen LogP contribution in [0.25, 0.3) is 11.3 Å². The highest BCUT2D eigenvalue weighted by Gasteiger charge is 2.13. The van der Waals surface area contributed by atoms with E-state index in [2.05, 4.69) is 15.2 Å². The summed E-state index contributed by atoms with van der Waals surface area (Å²) in [7, 11) is 0. The number of rotatable bonds is 5. The highest BCUT2D eigenvalue weighted by Crippen LogP contribution is 2.19. The number of aromatic nitrogens is 2. The zero-order valence-electron chi connectivity index (χ0n) is 11.0. The van der Waals surface area contributed by atoms with Gasteiger partial charge in [-0.15, -0.1) is 0 Å². The van der Waals surface area contributed by atoms with Gasteiger partial charge >= 0.3 is 11.9 Å². The molecule has 0 aliphatic heterocycles. The number of hydrogen-bond donors (Lipinski definition) is 1. The van der Waals surface area contributed by atoms with Crippen LogP contribution in [0.4, 0.5) is 0 Å². The number of nitrogens with zero attached hydrogens (tertiary/aromatic N) is 2. The minimum absolute atomic E-state index is 0.190. The van der Waals surface area contributed by atoms with Gasteiger partial charge in [0, 0.05) is 23.7 Å². The van der Waals surface area contributed by atoms with Crippen molar-refractivity contribution in [2.75, 3.05) is 13.2 Å². The first kappa shape index (κ1) is 14.3. The van der Waals surface area contributed by atoms with E-state index in [1.54, 1.807) is 22.9 Å². The second kappa shape index (κ2) is 6.85. The minimum atomic E-state index is -0.855. The van der Waals surface area contributed by atoms with Crippen molar-refractivity contribution in [3.8, 4) is 11.3 Å². The van der Waals surface area contributed by atoms with Gasteiger partial charge in [0.05, 0.1) is 18.8 Å². The molecular formula is C13H15N3O3S. The molecule has 2 heterocycles. The van der Waals surface area contributed by atoms with Crippen LogP contribution in [0, 0.1) is 0 Å².